The summed E-state index contributed by atoms with van der Waals surface area (Å²) in [6.45, 7) is 0.317. The van der Waals surface area contributed by atoms with Crippen molar-refractivity contribution in [2.75, 3.05) is 0 Å². The van der Waals surface area contributed by atoms with Crippen LogP contribution >= 0.6 is 11.6 Å². The van der Waals surface area contributed by atoms with Gasteiger partial charge in [-0.05, 0) is 17.7 Å². The molecular weight excluding hydrogens is 192 g/mol. The molecule has 0 fully saturated rings. The van der Waals surface area contributed by atoms with Gasteiger partial charge in [0.1, 0.15) is 5.75 Å². The van der Waals surface area contributed by atoms with Crippen molar-refractivity contribution < 1.29 is 14.3 Å². The molecule has 13 heavy (non-hydrogen) atoms. The van der Waals surface area contributed by atoms with E-state index in [-0.39, 0.29) is 6.42 Å². The van der Waals surface area contributed by atoms with Crippen molar-refractivity contribution in [3.8, 4) is 5.75 Å². The quantitative estimate of drug-likeness (QED) is 0.544. The summed E-state index contributed by atoms with van der Waals surface area (Å²) >= 11 is 5.20. The molecule has 1 aromatic rings. The number of benzene rings is 1. The fourth-order valence-corrected chi connectivity index (χ4v) is 1.11. The number of ether oxygens (including phenoxy) is 1. The zero-order chi connectivity index (χ0) is 9.68. The Morgan fingerprint density at radius 1 is 1.46 bits per heavy atom. The first kappa shape index (κ1) is 9.74. The van der Waals surface area contributed by atoms with Gasteiger partial charge in [0.25, 0.3) is 6.47 Å². The Balaban J connectivity index is 2.90. The van der Waals surface area contributed by atoms with Crippen molar-refractivity contribution in [3.05, 3.63) is 29.8 Å². The van der Waals surface area contributed by atoms with Crippen molar-refractivity contribution in [2.45, 2.75) is 6.42 Å². The summed E-state index contributed by atoms with van der Waals surface area (Å²) in [5.41, 5.74) is 0.606. The molecule has 4 heteroatoms. The molecule has 1 rings (SSSR count). The molecule has 0 saturated carbocycles. The maximum Gasteiger partial charge on any atom is 0.298 e. The van der Waals surface area contributed by atoms with Gasteiger partial charge in [-0.15, -0.1) is 0 Å². The standard InChI is InChI=1S/C9H7ClO3/c10-9(12)5-7-3-1-2-4-8(7)13-6-11/h1-4,6H,5H2. The number of para-hydroxylation sites is 1. The molecule has 0 amide bonds. The Bertz CT molecular complexity index is 322. The predicted octanol–water partition coefficient (Wildman–Crippen LogP) is 1.53. The van der Waals surface area contributed by atoms with Crippen molar-refractivity contribution in [3.63, 3.8) is 0 Å². The summed E-state index contributed by atoms with van der Waals surface area (Å²) in [5, 5.41) is -0.484. The van der Waals surface area contributed by atoms with Crippen molar-refractivity contribution in [1.82, 2.24) is 0 Å². The van der Waals surface area contributed by atoms with E-state index < -0.39 is 5.24 Å². The number of hydrogen-bond donors (Lipinski definition) is 0. The van der Waals surface area contributed by atoms with Crippen LogP contribution in [0.1, 0.15) is 5.56 Å². The van der Waals surface area contributed by atoms with E-state index in [0.717, 1.165) is 0 Å². The Hall–Kier alpha value is -1.35. The summed E-state index contributed by atoms with van der Waals surface area (Å²) in [5.74, 6) is 0.367. The topological polar surface area (TPSA) is 43.4 Å². The Morgan fingerprint density at radius 3 is 2.77 bits per heavy atom. The molecule has 0 aliphatic rings. The monoisotopic (exact) mass is 198 g/mol. The van der Waals surface area contributed by atoms with Crippen molar-refractivity contribution in [2.24, 2.45) is 0 Å². The van der Waals surface area contributed by atoms with E-state index in [1.54, 1.807) is 24.3 Å². The van der Waals surface area contributed by atoms with Gasteiger partial charge in [0.2, 0.25) is 5.24 Å². The van der Waals surface area contributed by atoms with Crippen LogP contribution in [0, 0.1) is 0 Å². The molecule has 0 unspecified atom stereocenters. The third kappa shape index (κ3) is 2.87. The SMILES string of the molecule is O=COc1ccccc1CC(=O)Cl. The maximum atomic E-state index is 10.6. The van der Waals surface area contributed by atoms with Gasteiger partial charge in [0, 0.05) is 5.56 Å². The normalized spacial score (nSPS) is 9.31. The first-order valence-electron chi connectivity index (χ1n) is 3.60. The molecule has 0 heterocycles. The van der Waals surface area contributed by atoms with Gasteiger partial charge in [0.05, 0.1) is 6.42 Å². The summed E-state index contributed by atoms with van der Waals surface area (Å²) in [6, 6.07) is 6.73. The Kier molecular flexibility index (Phi) is 3.46. The van der Waals surface area contributed by atoms with Crippen LogP contribution in [0.25, 0.3) is 0 Å². The molecule has 68 valence electrons. The fraction of sp³-hybridized carbons (Fsp3) is 0.111. The smallest absolute Gasteiger partial charge is 0.298 e. The van der Waals surface area contributed by atoms with Crippen LogP contribution < -0.4 is 4.74 Å². The Labute approximate surface area is 80.3 Å². The molecule has 3 nitrogen and oxygen atoms in total. The van der Waals surface area contributed by atoms with Crippen LogP contribution in [-0.4, -0.2) is 11.7 Å². The Morgan fingerprint density at radius 2 is 2.15 bits per heavy atom. The fourth-order valence-electron chi connectivity index (χ4n) is 0.966. The number of hydrogen-bond acceptors (Lipinski definition) is 3. The number of rotatable bonds is 4. The van der Waals surface area contributed by atoms with Crippen LogP contribution in [0.2, 0.25) is 0 Å². The highest BCUT2D eigenvalue weighted by molar-refractivity contribution is 6.63. The highest BCUT2D eigenvalue weighted by Crippen LogP contribution is 2.18. The van der Waals surface area contributed by atoms with Gasteiger partial charge >= 0.3 is 0 Å². The minimum atomic E-state index is -0.484. The second kappa shape index (κ2) is 4.62. The lowest BCUT2D eigenvalue weighted by molar-refractivity contribution is -0.121. The van der Waals surface area contributed by atoms with E-state index in [4.69, 9.17) is 11.6 Å². The molecule has 0 spiro atoms. The van der Waals surface area contributed by atoms with Crippen molar-refractivity contribution in [1.29, 1.82) is 0 Å². The van der Waals surface area contributed by atoms with E-state index in [9.17, 15) is 9.59 Å². The minimum Gasteiger partial charge on any atom is -0.428 e. The number of carbonyl (C=O) groups is 2. The second-order valence-corrected chi connectivity index (χ2v) is 2.78. The third-order valence-electron chi connectivity index (χ3n) is 1.48. The van der Waals surface area contributed by atoms with E-state index in [2.05, 4.69) is 4.74 Å². The first-order valence-corrected chi connectivity index (χ1v) is 3.98. The molecule has 0 aliphatic heterocycles. The maximum absolute atomic E-state index is 10.6. The molecule has 0 aromatic heterocycles. The highest BCUT2D eigenvalue weighted by atomic mass is 35.5. The van der Waals surface area contributed by atoms with Crippen molar-refractivity contribution >= 4 is 23.3 Å². The molecule has 1 aromatic carbocycles. The molecule has 0 aliphatic carbocycles. The van der Waals surface area contributed by atoms with Crippen LogP contribution in [0.15, 0.2) is 24.3 Å². The van der Waals surface area contributed by atoms with E-state index in [0.29, 0.717) is 17.8 Å². The molecule has 0 atom stereocenters. The largest absolute Gasteiger partial charge is 0.428 e. The van der Waals surface area contributed by atoms with Crippen LogP contribution in [0.4, 0.5) is 0 Å². The van der Waals surface area contributed by atoms with Gasteiger partial charge in [-0.1, -0.05) is 18.2 Å². The van der Waals surface area contributed by atoms with Gasteiger partial charge in [-0.25, -0.2) is 0 Å². The van der Waals surface area contributed by atoms with E-state index in [1.807, 2.05) is 0 Å². The molecule has 0 radical (unpaired) electrons. The summed E-state index contributed by atoms with van der Waals surface area (Å²) < 4.78 is 4.65. The third-order valence-corrected chi connectivity index (χ3v) is 1.61. The number of carbonyl (C=O) groups excluding carboxylic acids is 2. The van der Waals surface area contributed by atoms with Gasteiger partial charge < -0.3 is 4.74 Å². The predicted molar refractivity (Wildman–Crippen MR) is 47.7 cm³/mol. The molecule has 0 N–H and O–H groups in total. The average molecular weight is 199 g/mol. The summed E-state index contributed by atoms with van der Waals surface area (Å²) in [4.78, 5) is 20.7. The zero-order valence-corrected chi connectivity index (χ0v) is 7.45. The average Bonchev–Trinajstić information content (AvgIpc) is 2.08. The van der Waals surface area contributed by atoms with Crippen LogP contribution in [-0.2, 0) is 16.0 Å². The van der Waals surface area contributed by atoms with Crippen LogP contribution in [0.5, 0.6) is 5.75 Å². The highest BCUT2D eigenvalue weighted by Gasteiger charge is 2.05. The zero-order valence-electron chi connectivity index (χ0n) is 6.70. The van der Waals surface area contributed by atoms with E-state index in [1.165, 1.54) is 0 Å². The summed E-state index contributed by atoms with van der Waals surface area (Å²) in [7, 11) is 0. The van der Waals surface area contributed by atoms with Gasteiger partial charge in [-0.3, -0.25) is 9.59 Å². The molecule has 0 saturated heterocycles. The number of halogens is 1. The van der Waals surface area contributed by atoms with Gasteiger partial charge in [0.15, 0.2) is 0 Å². The van der Waals surface area contributed by atoms with Gasteiger partial charge in [-0.2, -0.15) is 0 Å². The second-order valence-electron chi connectivity index (χ2n) is 2.35. The van der Waals surface area contributed by atoms with E-state index >= 15 is 0 Å². The molecular formula is C9H7ClO3. The summed E-state index contributed by atoms with van der Waals surface area (Å²) in [6.07, 6.45) is 0.0611. The first-order chi connectivity index (χ1) is 6.24. The lowest BCUT2D eigenvalue weighted by Gasteiger charge is -2.03. The molecule has 0 bridgehead atoms. The lowest BCUT2D eigenvalue weighted by Crippen LogP contribution is -1.98. The van der Waals surface area contributed by atoms with Crippen LogP contribution in [0.3, 0.4) is 0 Å². The lowest BCUT2D eigenvalue weighted by atomic mass is 10.1. The minimum absolute atomic E-state index is 0.0611.